The quantitative estimate of drug-likeness (QED) is 0.284. The molecule has 238 valence electrons. The fraction of sp³-hybridized carbons (Fsp3) is 0.417. The van der Waals surface area contributed by atoms with Crippen LogP contribution in [0.15, 0.2) is 84.0 Å². The van der Waals surface area contributed by atoms with Crippen molar-refractivity contribution in [3.63, 3.8) is 0 Å². The average molecular weight is 637 g/mol. The molecular formula is C36H40N6O3S. The number of amidine groups is 1. The molecule has 10 heteroatoms. The van der Waals surface area contributed by atoms with Gasteiger partial charge in [0.2, 0.25) is 0 Å². The number of oxime groups is 1. The van der Waals surface area contributed by atoms with Crippen LogP contribution in [0.3, 0.4) is 0 Å². The molecule has 4 atom stereocenters. The summed E-state index contributed by atoms with van der Waals surface area (Å²) in [5, 5.41) is 3.83. The minimum absolute atomic E-state index is 0.0200. The lowest BCUT2D eigenvalue weighted by atomic mass is 9.70. The first-order chi connectivity index (χ1) is 22.5. The Morgan fingerprint density at radius 1 is 0.957 bits per heavy atom. The van der Waals surface area contributed by atoms with Crippen LogP contribution in [-0.4, -0.2) is 67.0 Å². The summed E-state index contributed by atoms with van der Waals surface area (Å²) >= 11 is -1.68. The van der Waals surface area contributed by atoms with Crippen molar-refractivity contribution in [2.45, 2.75) is 75.4 Å². The zero-order valence-corrected chi connectivity index (χ0v) is 27.0. The number of likely N-dealkylation sites (tertiary alicyclic amines) is 1. The van der Waals surface area contributed by atoms with E-state index in [0.717, 1.165) is 37.1 Å². The standard InChI is InChI=1S/C36H40N6O3S/c1-25-37-32-12-5-6-13-33(32)42(25)31-23-29-14-15-30(24-31)41(29)21-18-36(28-10-3-2-4-11-28)16-19-40(20-17-36)35(43)27-9-7-8-26(22-27)34-38-45-46(44)39-34/h2-13,22,29-31H,14-21,23-24H2,1H3,(H,38,39)/t29-,30+,31?,46?. The molecule has 1 amide bonds. The van der Waals surface area contributed by atoms with E-state index in [1.165, 1.54) is 36.8 Å². The summed E-state index contributed by atoms with van der Waals surface area (Å²) in [6, 6.07) is 28.6. The monoisotopic (exact) mass is 636 g/mol. The Hall–Kier alpha value is -4.02. The molecule has 2 unspecified atom stereocenters. The summed E-state index contributed by atoms with van der Waals surface area (Å²) in [5.74, 6) is 1.53. The van der Waals surface area contributed by atoms with Crippen molar-refractivity contribution < 1.29 is 13.3 Å². The number of aryl methyl sites for hydroxylation is 1. The smallest absolute Gasteiger partial charge is 0.338 e. The van der Waals surface area contributed by atoms with Gasteiger partial charge < -0.3 is 9.47 Å². The van der Waals surface area contributed by atoms with Crippen molar-refractivity contribution in [2.75, 3.05) is 19.6 Å². The number of carbonyl (C=O) groups is 1. The van der Waals surface area contributed by atoms with E-state index in [9.17, 15) is 9.00 Å². The van der Waals surface area contributed by atoms with Crippen molar-refractivity contribution in [1.82, 2.24) is 24.1 Å². The number of piperidine rings is 2. The number of hydrogen-bond donors (Lipinski definition) is 1. The van der Waals surface area contributed by atoms with Gasteiger partial charge in [0, 0.05) is 42.3 Å². The minimum Gasteiger partial charge on any atom is -0.339 e. The van der Waals surface area contributed by atoms with Crippen LogP contribution < -0.4 is 4.72 Å². The van der Waals surface area contributed by atoms with E-state index >= 15 is 0 Å². The van der Waals surface area contributed by atoms with Crippen molar-refractivity contribution in [3.8, 4) is 0 Å². The molecule has 3 fully saturated rings. The second kappa shape index (κ2) is 12.0. The molecule has 8 rings (SSSR count). The van der Waals surface area contributed by atoms with Gasteiger partial charge in [0.15, 0.2) is 5.84 Å². The van der Waals surface area contributed by atoms with Crippen LogP contribution in [0.1, 0.15) is 78.3 Å². The van der Waals surface area contributed by atoms with E-state index in [0.29, 0.717) is 48.2 Å². The summed E-state index contributed by atoms with van der Waals surface area (Å²) in [7, 11) is 0. The van der Waals surface area contributed by atoms with Gasteiger partial charge in [-0.05, 0) is 98.8 Å². The average Bonchev–Trinajstić information content (AvgIpc) is 3.75. The summed E-state index contributed by atoms with van der Waals surface area (Å²) in [6.07, 6.45) is 7.89. The van der Waals surface area contributed by atoms with Crippen molar-refractivity contribution in [2.24, 2.45) is 5.16 Å². The molecule has 0 radical (unpaired) electrons. The summed E-state index contributed by atoms with van der Waals surface area (Å²) in [4.78, 5) is 23.4. The molecule has 46 heavy (non-hydrogen) atoms. The van der Waals surface area contributed by atoms with Gasteiger partial charge in [-0.3, -0.25) is 18.7 Å². The molecule has 4 aromatic rings. The van der Waals surface area contributed by atoms with E-state index in [2.05, 4.69) is 80.9 Å². The maximum atomic E-state index is 13.7. The fourth-order valence-electron chi connectivity index (χ4n) is 8.68. The Kier molecular flexibility index (Phi) is 7.65. The lowest BCUT2D eigenvalue weighted by Gasteiger charge is -2.45. The van der Waals surface area contributed by atoms with Crippen LogP contribution in [0.5, 0.6) is 0 Å². The molecule has 2 bridgehead atoms. The van der Waals surface area contributed by atoms with E-state index in [1.54, 1.807) is 6.07 Å². The Labute approximate surface area is 272 Å². The number of carbonyl (C=O) groups excluding carboxylic acids is 1. The van der Waals surface area contributed by atoms with Gasteiger partial charge in [0.25, 0.3) is 5.91 Å². The molecule has 3 aromatic carbocycles. The highest BCUT2D eigenvalue weighted by Gasteiger charge is 2.44. The zero-order valence-electron chi connectivity index (χ0n) is 26.2. The number of imidazole rings is 1. The number of para-hydroxylation sites is 2. The molecule has 1 N–H and O–H groups in total. The topological polar surface area (TPSA) is 92.1 Å². The third-order valence-corrected chi connectivity index (χ3v) is 11.6. The normalized spacial score (nSPS) is 25.7. The molecule has 0 aliphatic carbocycles. The van der Waals surface area contributed by atoms with E-state index < -0.39 is 11.3 Å². The number of amides is 1. The maximum Gasteiger partial charge on any atom is 0.338 e. The van der Waals surface area contributed by atoms with Gasteiger partial charge in [-0.15, -0.1) is 0 Å². The largest absolute Gasteiger partial charge is 0.339 e. The van der Waals surface area contributed by atoms with Gasteiger partial charge in [-0.1, -0.05) is 54.6 Å². The third kappa shape index (κ3) is 5.31. The Morgan fingerprint density at radius 2 is 1.70 bits per heavy atom. The third-order valence-electron chi connectivity index (χ3n) is 11.0. The minimum atomic E-state index is -1.68. The molecule has 9 nitrogen and oxygen atoms in total. The van der Waals surface area contributed by atoms with E-state index in [-0.39, 0.29) is 11.3 Å². The predicted molar refractivity (Wildman–Crippen MR) is 179 cm³/mol. The lowest BCUT2D eigenvalue weighted by molar-refractivity contribution is 0.0607. The van der Waals surface area contributed by atoms with Crippen LogP contribution in [0.25, 0.3) is 11.0 Å². The number of aromatic nitrogens is 2. The van der Waals surface area contributed by atoms with Crippen molar-refractivity contribution in [3.05, 3.63) is 101 Å². The second-order valence-electron chi connectivity index (χ2n) is 13.4. The highest BCUT2D eigenvalue weighted by atomic mass is 32.2. The van der Waals surface area contributed by atoms with Crippen LogP contribution in [0, 0.1) is 6.92 Å². The van der Waals surface area contributed by atoms with Crippen molar-refractivity contribution in [1.29, 1.82) is 0 Å². The molecule has 3 saturated heterocycles. The van der Waals surface area contributed by atoms with Gasteiger partial charge in [0.05, 0.1) is 11.0 Å². The fourth-order valence-corrected chi connectivity index (χ4v) is 9.18. The maximum absolute atomic E-state index is 13.7. The molecule has 5 heterocycles. The number of nitrogens with zero attached hydrogens (tertiary/aromatic N) is 5. The highest BCUT2D eigenvalue weighted by Crippen LogP contribution is 2.45. The molecule has 4 aliphatic rings. The van der Waals surface area contributed by atoms with Crippen LogP contribution in [0.4, 0.5) is 0 Å². The second-order valence-corrected chi connectivity index (χ2v) is 14.2. The van der Waals surface area contributed by atoms with E-state index in [4.69, 9.17) is 9.27 Å². The first-order valence-corrected chi connectivity index (χ1v) is 17.6. The number of fused-ring (bicyclic) bond motifs is 3. The Morgan fingerprint density at radius 3 is 2.43 bits per heavy atom. The number of rotatable bonds is 7. The molecule has 0 saturated carbocycles. The highest BCUT2D eigenvalue weighted by molar-refractivity contribution is 7.79. The van der Waals surface area contributed by atoms with Crippen LogP contribution >= 0.6 is 0 Å². The Bertz CT molecular complexity index is 1800. The molecule has 4 aliphatic heterocycles. The van der Waals surface area contributed by atoms with E-state index in [1.807, 2.05) is 23.1 Å². The van der Waals surface area contributed by atoms with Crippen molar-refractivity contribution >= 4 is 34.0 Å². The molecule has 0 spiro atoms. The summed E-state index contributed by atoms with van der Waals surface area (Å²) < 4.78 is 21.5. The van der Waals surface area contributed by atoms with Gasteiger partial charge in [-0.2, -0.15) is 4.21 Å². The SMILES string of the molecule is Cc1nc2ccccc2n1C1C[C@H]2CC[C@@H](C1)N2CCC1(c2ccccc2)CCN(C(=O)c2cccc(C3=NOS(=O)N3)c2)CC1. The van der Waals surface area contributed by atoms with Crippen LogP contribution in [0.2, 0.25) is 0 Å². The molecular weight excluding hydrogens is 597 g/mol. The first-order valence-electron chi connectivity index (χ1n) is 16.6. The summed E-state index contributed by atoms with van der Waals surface area (Å²) in [6.45, 7) is 4.68. The number of hydrogen-bond acceptors (Lipinski definition) is 6. The number of benzene rings is 3. The lowest BCUT2D eigenvalue weighted by Crippen LogP contribution is -2.49. The van der Waals surface area contributed by atoms with Gasteiger partial charge in [-0.25, -0.2) is 4.98 Å². The summed E-state index contributed by atoms with van der Waals surface area (Å²) in [5.41, 5.74) is 5.09. The zero-order chi connectivity index (χ0) is 31.3. The molecule has 1 aromatic heterocycles. The number of nitrogens with one attached hydrogen (secondary N) is 1. The predicted octanol–water partition coefficient (Wildman–Crippen LogP) is 5.64. The van der Waals surface area contributed by atoms with Gasteiger partial charge in [0.1, 0.15) is 5.82 Å². The Balaban J connectivity index is 0.963. The van der Waals surface area contributed by atoms with Gasteiger partial charge >= 0.3 is 11.3 Å². The van der Waals surface area contributed by atoms with Crippen LogP contribution in [-0.2, 0) is 21.0 Å². The first kappa shape index (κ1) is 29.4.